The van der Waals surface area contributed by atoms with E-state index in [0.29, 0.717) is 37.3 Å². The van der Waals surface area contributed by atoms with Crippen LogP contribution >= 0.6 is 0 Å². The third-order valence-corrected chi connectivity index (χ3v) is 7.32. The maximum absolute atomic E-state index is 13.3. The van der Waals surface area contributed by atoms with Crippen LogP contribution in [0.25, 0.3) is 27.8 Å². The van der Waals surface area contributed by atoms with Gasteiger partial charge in [0.2, 0.25) is 5.91 Å². The van der Waals surface area contributed by atoms with E-state index in [1.165, 1.54) is 0 Å². The van der Waals surface area contributed by atoms with E-state index in [-0.39, 0.29) is 11.8 Å². The molecule has 1 spiro atoms. The Morgan fingerprint density at radius 1 is 1.00 bits per heavy atom. The molecule has 35 heavy (non-hydrogen) atoms. The van der Waals surface area contributed by atoms with Crippen molar-refractivity contribution < 1.29 is 9.59 Å². The summed E-state index contributed by atoms with van der Waals surface area (Å²) in [5.41, 5.74) is 6.08. The van der Waals surface area contributed by atoms with Gasteiger partial charge < -0.3 is 15.2 Å². The van der Waals surface area contributed by atoms with Gasteiger partial charge in [0.15, 0.2) is 11.3 Å². The number of anilines is 1. The molecule has 4 aromatic heterocycles. The summed E-state index contributed by atoms with van der Waals surface area (Å²) in [7, 11) is 0. The number of likely N-dealkylation sites (tertiary alicyclic amines) is 1. The van der Waals surface area contributed by atoms with Crippen molar-refractivity contribution in [3.63, 3.8) is 0 Å². The van der Waals surface area contributed by atoms with Crippen molar-refractivity contribution in [3.05, 3.63) is 78.5 Å². The monoisotopic (exact) mass is 463 g/mol. The fourth-order valence-corrected chi connectivity index (χ4v) is 5.39. The zero-order chi connectivity index (χ0) is 23.6. The fourth-order valence-electron chi connectivity index (χ4n) is 5.39. The summed E-state index contributed by atoms with van der Waals surface area (Å²) in [6.07, 6.45) is 6.46. The summed E-state index contributed by atoms with van der Waals surface area (Å²) in [6, 6.07) is 15.6. The van der Waals surface area contributed by atoms with Gasteiger partial charge in [0, 0.05) is 36.7 Å². The van der Waals surface area contributed by atoms with Gasteiger partial charge in [-0.15, -0.1) is 0 Å². The van der Waals surface area contributed by atoms with E-state index in [0.717, 1.165) is 33.4 Å². The molecular formula is C26H21N7O2. The summed E-state index contributed by atoms with van der Waals surface area (Å²) < 4.78 is 1.71. The van der Waals surface area contributed by atoms with Crippen molar-refractivity contribution in [1.29, 1.82) is 0 Å². The first-order valence-electron chi connectivity index (χ1n) is 11.6. The molecule has 172 valence electrons. The topological polar surface area (TPSA) is 108 Å². The van der Waals surface area contributed by atoms with Gasteiger partial charge >= 0.3 is 0 Å². The molecule has 0 aliphatic carbocycles. The minimum atomic E-state index is -0.551. The summed E-state index contributed by atoms with van der Waals surface area (Å²) in [4.78, 5) is 39.6. The van der Waals surface area contributed by atoms with Crippen LogP contribution in [0.4, 0.5) is 5.69 Å². The first-order chi connectivity index (χ1) is 17.1. The molecule has 2 aliphatic rings. The van der Waals surface area contributed by atoms with Crippen LogP contribution in [0, 0.1) is 0 Å². The highest BCUT2D eigenvalue weighted by Crippen LogP contribution is 2.44. The normalized spacial score (nSPS) is 16.7. The number of carbonyl (C=O) groups is 2. The number of hydrogen-bond acceptors (Lipinski definition) is 5. The number of hydrogen-bond donors (Lipinski definition) is 2. The number of carbonyl (C=O) groups excluding carboxylic acids is 2. The summed E-state index contributed by atoms with van der Waals surface area (Å²) in [5.74, 6) is -0.0776. The zero-order valence-electron chi connectivity index (χ0n) is 18.7. The third-order valence-electron chi connectivity index (χ3n) is 7.32. The number of para-hydroxylation sites is 1. The van der Waals surface area contributed by atoms with Crippen molar-refractivity contribution in [2.24, 2.45) is 0 Å². The Labute approximate surface area is 199 Å². The lowest BCUT2D eigenvalue weighted by atomic mass is 9.73. The summed E-state index contributed by atoms with van der Waals surface area (Å²) in [5, 5.41) is 7.53. The number of H-pyrrole nitrogens is 1. The number of aromatic nitrogens is 5. The Morgan fingerprint density at radius 2 is 1.86 bits per heavy atom. The lowest BCUT2D eigenvalue weighted by molar-refractivity contribution is -0.122. The number of aromatic amines is 1. The van der Waals surface area contributed by atoms with Gasteiger partial charge in [-0.1, -0.05) is 18.2 Å². The quantitative estimate of drug-likeness (QED) is 0.417. The van der Waals surface area contributed by atoms with Gasteiger partial charge in [0.25, 0.3) is 5.91 Å². The van der Waals surface area contributed by atoms with Gasteiger partial charge in [-0.25, -0.2) is 14.5 Å². The lowest BCUT2D eigenvalue weighted by Gasteiger charge is -2.37. The first-order valence-corrected chi connectivity index (χ1v) is 11.6. The largest absolute Gasteiger partial charge is 0.343 e. The molecule has 0 unspecified atom stereocenters. The van der Waals surface area contributed by atoms with Crippen molar-refractivity contribution in [2.75, 3.05) is 18.4 Å². The Bertz CT molecular complexity index is 1640. The Morgan fingerprint density at radius 3 is 2.74 bits per heavy atom. The van der Waals surface area contributed by atoms with Gasteiger partial charge in [0.1, 0.15) is 0 Å². The maximum Gasteiger partial charge on any atom is 0.274 e. The molecule has 0 bridgehead atoms. The number of rotatable bonds is 2. The first kappa shape index (κ1) is 19.9. The molecule has 1 fully saturated rings. The molecule has 2 amide bonds. The van der Waals surface area contributed by atoms with Crippen LogP contribution in [0.15, 0.2) is 67.3 Å². The molecule has 1 aromatic carbocycles. The van der Waals surface area contributed by atoms with E-state index in [2.05, 4.69) is 25.4 Å². The predicted molar refractivity (Wildman–Crippen MR) is 130 cm³/mol. The van der Waals surface area contributed by atoms with Crippen molar-refractivity contribution >= 4 is 34.2 Å². The third kappa shape index (κ3) is 2.97. The summed E-state index contributed by atoms with van der Waals surface area (Å²) in [6.45, 7) is 1.02. The number of nitrogens with zero attached hydrogens (tertiary/aromatic N) is 5. The molecular weight excluding hydrogens is 442 g/mol. The van der Waals surface area contributed by atoms with Crippen molar-refractivity contribution in [1.82, 2.24) is 29.5 Å². The van der Waals surface area contributed by atoms with Crippen LogP contribution in [-0.2, 0) is 10.2 Å². The minimum absolute atomic E-state index is 0.0360. The number of pyridine rings is 2. The molecule has 6 heterocycles. The summed E-state index contributed by atoms with van der Waals surface area (Å²) >= 11 is 0. The zero-order valence-corrected chi connectivity index (χ0v) is 18.7. The highest BCUT2D eigenvalue weighted by molar-refractivity contribution is 6.06. The van der Waals surface area contributed by atoms with E-state index in [1.807, 2.05) is 54.7 Å². The molecule has 7 rings (SSSR count). The molecule has 0 saturated carbocycles. The molecule has 2 N–H and O–H groups in total. The van der Waals surface area contributed by atoms with Gasteiger partial charge in [-0.2, -0.15) is 5.10 Å². The Hall–Kier alpha value is -4.53. The lowest BCUT2D eigenvalue weighted by Crippen LogP contribution is -2.48. The highest BCUT2D eigenvalue weighted by Gasteiger charge is 2.48. The highest BCUT2D eigenvalue weighted by atomic mass is 16.2. The number of amides is 2. The average molecular weight is 464 g/mol. The van der Waals surface area contributed by atoms with E-state index in [9.17, 15) is 9.59 Å². The number of fused-ring (bicyclic) bond motifs is 4. The molecule has 5 aromatic rings. The van der Waals surface area contributed by atoms with Crippen molar-refractivity contribution in [3.8, 4) is 11.1 Å². The smallest absolute Gasteiger partial charge is 0.274 e. The second-order valence-electron chi connectivity index (χ2n) is 9.19. The van der Waals surface area contributed by atoms with Gasteiger partial charge in [-0.3, -0.25) is 9.59 Å². The number of nitrogens with one attached hydrogen (secondary N) is 2. The minimum Gasteiger partial charge on any atom is -0.343 e. The van der Waals surface area contributed by atoms with Crippen LogP contribution in [0.5, 0.6) is 0 Å². The van der Waals surface area contributed by atoms with Gasteiger partial charge in [-0.05, 0) is 54.3 Å². The Kier molecular flexibility index (Phi) is 4.11. The molecule has 0 atom stereocenters. The Balaban J connectivity index is 1.13. The van der Waals surface area contributed by atoms with Crippen LogP contribution in [-0.4, -0.2) is 54.4 Å². The predicted octanol–water partition coefficient (Wildman–Crippen LogP) is 3.40. The molecule has 1 saturated heterocycles. The van der Waals surface area contributed by atoms with E-state index < -0.39 is 5.41 Å². The van der Waals surface area contributed by atoms with E-state index in [1.54, 1.807) is 21.9 Å². The van der Waals surface area contributed by atoms with Gasteiger partial charge in [0.05, 0.1) is 22.8 Å². The average Bonchev–Trinajstić information content (AvgIpc) is 3.60. The van der Waals surface area contributed by atoms with Crippen LogP contribution < -0.4 is 5.32 Å². The molecule has 9 heteroatoms. The second kappa shape index (κ2) is 7.23. The maximum atomic E-state index is 13.3. The van der Waals surface area contributed by atoms with Crippen LogP contribution in [0.3, 0.4) is 0 Å². The van der Waals surface area contributed by atoms with Crippen LogP contribution in [0.2, 0.25) is 0 Å². The SMILES string of the molecule is O=C(c1cc2cc(-c3cnc4nc[nH]c4c3)ccn2n1)N1CCC2(CC1)C(=O)Nc1ccccc12. The number of benzene rings is 1. The fraction of sp³-hybridized carbons (Fsp3) is 0.192. The van der Waals surface area contributed by atoms with E-state index >= 15 is 0 Å². The number of piperidine rings is 1. The molecule has 9 nitrogen and oxygen atoms in total. The molecule has 2 aliphatic heterocycles. The molecule has 0 radical (unpaired) electrons. The second-order valence-corrected chi connectivity index (χ2v) is 9.19. The number of imidazole rings is 1. The standard InChI is InChI=1S/C26H21N7O2/c34-24(32-9-6-26(7-10-32)19-3-1-2-4-20(19)30-25(26)35)22-13-18-11-16(5-8-33(18)31-22)17-12-21-23(27-14-17)29-15-28-21/h1-5,8,11-15H,6-7,9-10H2,(H,30,35)(H,27,28,29). The van der Waals surface area contributed by atoms with Crippen LogP contribution in [0.1, 0.15) is 28.9 Å². The van der Waals surface area contributed by atoms with Crippen molar-refractivity contribution in [2.45, 2.75) is 18.3 Å². The van der Waals surface area contributed by atoms with E-state index in [4.69, 9.17) is 0 Å².